The molecule has 112 valence electrons. The highest BCUT2D eigenvalue weighted by atomic mass is 16.6. The highest BCUT2D eigenvalue weighted by molar-refractivity contribution is 5.82. The van der Waals surface area contributed by atoms with Gasteiger partial charge >= 0.3 is 0 Å². The number of hydrogen-bond acceptors (Lipinski definition) is 6. The van der Waals surface area contributed by atoms with E-state index in [-0.39, 0.29) is 38.1 Å². The van der Waals surface area contributed by atoms with Crippen molar-refractivity contribution in [3.05, 3.63) is 20.2 Å². The minimum absolute atomic E-state index is 0.131. The zero-order valence-corrected chi connectivity index (χ0v) is 11.5. The summed E-state index contributed by atoms with van der Waals surface area (Å²) >= 11 is 0. The predicted octanol–water partition coefficient (Wildman–Crippen LogP) is 0.886. The van der Waals surface area contributed by atoms with E-state index in [1.165, 1.54) is 0 Å². The molecule has 1 saturated heterocycles. The van der Waals surface area contributed by atoms with Crippen molar-refractivity contribution in [1.29, 1.82) is 0 Å². The van der Waals surface area contributed by atoms with Gasteiger partial charge in [-0.3, -0.25) is 29.9 Å². The first kappa shape index (κ1) is 14.8. The molecule has 0 aromatic rings. The molecule has 0 radical (unpaired) electrons. The van der Waals surface area contributed by atoms with Gasteiger partial charge in [-0.1, -0.05) is 13.3 Å². The maximum Gasteiger partial charge on any atom is 0.248 e. The van der Waals surface area contributed by atoms with Gasteiger partial charge in [0.05, 0.1) is 32.4 Å². The van der Waals surface area contributed by atoms with Crippen LogP contribution in [-0.2, 0) is 4.79 Å². The maximum absolute atomic E-state index is 11.8. The van der Waals surface area contributed by atoms with E-state index in [1.807, 2.05) is 6.92 Å². The number of hydrogen-bond donors (Lipinski definition) is 0. The Kier molecular flexibility index (Phi) is 3.77. The molecule has 0 aromatic heterocycles. The Morgan fingerprint density at radius 2 is 1.65 bits per heavy atom. The lowest BCUT2D eigenvalue weighted by Gasteiger charge is -2.45. The number of rotatable bonds is 5. The number of carbonyl (C=O) groups is 1. The zero-order valence-electron chi connectivity index (χ0n) is 11.5. The molecule has 2 rings (SSSR count). The Bertz CT molecular complexity index is 420. The number of piperidine rings is 1. The molecule has 20 heavy (non-hydrogen) atoms. The van der Waals surface area contributed by atoms with E-state index in [0.717, 1.165) is 12.8 Å². The molecule has 0 amide bonds. The van der Waals surface area contributed by atoms with Gasteiger partial charge in [-0.2, -0.15) is 0 Å². The van der Waals surface area contributed by atoms with Crippen molar-refractivity contribution in [3.63, 3.8) is 0 Å². The Morgan fingerprint density at radius 1 is 1.15 bits per heavy atom. The number of fused-ring (bicyclic) bond motifs is 2. The molecule has 8 heteroatoms. The molecule has 1 aliphatic heterocycles. The van der Waals surface area contributed by atoms with Crippen LogP contribution in [0.5, 0.6) is 0 Å². The van der Waals surface area contributed by atoms with Gasteiger partial charge in [0.2, 0.25) is 11.1 Å². The van der Waals surface area contributed by atoms with Crippen LogP contribution in [0.4, 0.5) is 0 Å². The summed E-state index contributed by atoms with van der Waals surface area (Å²) in [6, 6.07) is 0. The van der Waals surface area contributed by atoms with Crippen LogP contribution in [0.3, 0.4) is 0 Å². The van der Waals surface area contributed by atoms with Gasteiger partial charge in [-0.05, 0) is 13.0 Å². The average molecular weight is 285 g/mol. The molecule has 0 aromatic carbocycles. The topological polar surface area (TPSA) is 107 Å². The Hall–Kier alpha value is -1.57. The molecule has 2 unspecified atom stereocenters. The highest BCUT2D eigenvalue weighted by Crippen LogP contribution is 2.42. The van der Waals surface area contributed by atoms with Crippen molar-refractivity contribution in [2.24, 2.45) is 0 Å². The van der Waals surface area contributed by atoms with Gasteiger partial charge in [0.1, 0.15) is 5.78 Å². The molecule has 0 N–H and O–H groups in total. The molecule has 2 atom stereocenters. The molecule has 8 nitrogen and oxygen atoms in total. The van der Waals surface area contributed by atoms with Gasteiger partial charge in [-0.15, -0.1) is 0 Å². The van der Waals surface area contributed by atoms with Gasteiger partial charge in [0.15, 0.2) is 0 Å². The molecule has 2 bridgehead atoms. The van der Waals surface area contributed by atoms with Crippen molar-refractivity contribution in [2.75, 3.05) is 19.6 Å². The van der Waals surface area contributed by atoms with E-state index in [0.29, 0.717) is 6.54 Å². The van der Waals surface area contributed by atoms with E-state index in [2.05, 4.69) is 0 Å². The highest BCUT2D eigenvalue weighted by Gasteiger charge is 2.66. The summed E-state index contributed by atoms with van der Waals surface area (Å²) in [6.07, 6.45) is 1.27. The van der Waals surface area contributed by atoms with E-state index in [1.54, 1.807) is 4.90 Å². The first-order chi connectivity index (χ1) is 9.33. The van der Waals surface area contributed by atoms with Crippen LogP contribution in [0.15, 0.2) is 0 Å². The standard InChI is InChI=1S/C12H19N3O5/c1-2-3-4-13-8-11(14(17)18)5-10(16)6-12(7-11,9-13)15(19)20/h2-9H2,1H3. The third kappa shape index (κ3) is 2.39. The number of nitro groups is 2. The molecule has 1 saturated carbocycles. The van der Waals surface area contributed by atoms with Gasteiger partial charge in [-0.25, -0.2) is 0 Å². The van der Waals surface area contributed by atoms with Crippen LogP contribution in [0.2, 0.25) is 0 Å². The minimum atomic E-state index is -1.48. The summed E-state index contributed by atoms with van der Waals surface area (Å²) in [5.41, 5.74) is -2.96. The summed E-state index contributed by atoms with van der Waals surface area (Å²) in [7, 11) is 0. The van der Waals surface area contributed by atoms with Crippen molar-refractivity contribution in [1.82, 2.24) is 4.90 Å². The fraction of sp³-hybridized carbons (Fsp3) is 0.917. The molecule has 2 fully saturated rings. The Labute approximate surface area is 116 Å². The van der Waals surface area contributed by atoms with E-state index >= 15 is 0 Å². The number of ketones is 1. The molecule has 2 aliphatic rings. The van der Waals surface area contributed by atoms with Crippen LogP contribution >= 0.6 is 0 Å². The van der Waals surface area contributed by atoms with Crippen molar-refractivity contribution in [3.8, 4) is 0 Å². The number of unbranched alkanes of at least 4 members (excludes halogenated alkanes) is 1. The van der Waals surface area contributed by atoms with Crippen LogP contribution < -0.4 is 0 Å². The summed E-state index contributed by atoms with van der Waals surface area (Å²) < 4.78 is 0. The van der Waals surface area contributed by atoms with Crippen molar-refractivity contribution in [2.45, 2.75) is 50.1 Å². The monoisotopic (exact) mass is 285 g/mol. The van der Waals surface area contributed by atoms with Crippen LogP contribution in [0, 0.1) is 20.2 Å². The lowest BCUT2D eigenvalue weighted by atomic mass is 9.67. The smallest absolute Gasteiger partial charge is 0.248 e. The summed E-state index contributed by atoms with van der Waals surface area (Å²) in [5.74, 6) is -0.361. The fourth-order valence-corrected chi connectivity index (χ4v) is 3.56. The predicted molar refractivity (Wildman–Crippen MR) is 69.7 cm³/mol. The first-order valence-electron chi connectivity index (χ1n) is 6.87. The van der Waals surface area contributed by atoms with Crippen LogP contribution in [-0.4, -0.2) is 51.2 Å². The summed E-state index contributed by atoms with van der Waals surface area (Å²) in [4.78, 5) is 35.5. The van der Waals surface area contributed by atoms with E-state index < -0.39 is 20.9 Å². The lowest BCUT2D eigenvalue weighted by molar-refractivity contribution is -0.628. The number of nitrogens with zero attached hydrogens (tertiary/aromatic N) is 3. The summed E-state index contributed by atoms with van der Waals surface area (Å²) in [5, 5.41) is 22.8. The largest absolute Gasteiger partial charge is 0.299 e. The van der Waals surface area contributed by atoms with Crippen molar-refractivity contribution >= 4 is 5.78 Å². The zero-order chi connectivity index (χ0) is 15.0. The second-order valence-corrected chi connectivity index (χ2v) is 6.10. The maximum atomic E-state index is 11.8. The van der Waals surface area contributed by atoms with Crippen LogP contribution in [0.1, 0.15) is 39.0 Å². The quantitative estimate of drug-likeness (QED) is 0.548. The van der Waals surface area contributed by atoms with Gasteiger partial charge in [0, 0.05) is 9.85 Å². The van der Waals surface area contributed by atoms with Crippen molar-refractivity contribution < 1.29 is 14.6 Å². The first-order valence-corrected chi connectivity index (χ1v) is 6.87. The lowest BCUT2D eigenvalue weighted by Crippen LogP contribution is -2.69. The van der Waals surface area contributed by atoms with Gasteiger partial charge in [0.25, 0.3) is 0 Å². The van der Waals surface area contributed by atoms with E-state index in [4.69, 9.17) is 0 Å². The molecule has 1 heterocycles. The van der Waals surface area contributed by atoms with Gasteiger partial charge < -0.3 is 0 Å². The third-order valence-corrected chi connectivity index (χ3v) is 4.35. The number of Topliss-reactive ketones (excluding diaryl/α,β-unsaturated/α-hetero) is 1. The minimum Gasteiger partial charge on any atom is -0.299 e. The van der Waals surface area contributed by atoms with E-state index in [9.17, 15) is 25.0 Å². The molecular formula is C12H19N3O5. The SMILES string of the molecule is CCCCN1CC2([N+](=O)[O-])CC(=O)CC([N+](=O)[O-])(C1)C2. The fourth-order valence-electron chi connectivity index (χ4n) is 3.56. The average Bonchev–Trinajstić information content (AvgIpc) is 2.34. The Morgan fingerprint density at radius 3 is 2.05 bits per heavy atom. The molecular weight excluding hydrogens is 266 g/mol. The number of carbonyl (C=O) groups excluding carboxylic acids is 1. The second kappa shape index (κ2) is 5.08. The summed E-state index contributed by atoms with van der Waals surface area (Å²) in [6.45, 7) is 2.89. The third-order valence-electron chi connectivity index (χ3n) is 4.35. The molecule has 0 spiro atoms. The molecule has 1 aliphatic carbocycles. The second-order valence-electron chi connectivity index (χ2n) is 6.10. The van der Waals surface area contributed by atoms with Crippen LogP contribution in [0.25, 0.3) is 0 Å². The Balaban J connectivity index is 2.34. The normalized spacial score (nSPS) is 34.0. The number of likely N-dealkylation sites (tertiary alicyclic amines) is 1.